The van der Waals surface area contributed by atoms with E-state index in [1.165, 1.54) is 18.2 Å². The number of benzene rings is 1. The number of nitrogens with zero attached hydrogens (tertiary/aromatic N) is 1. The summed E-state index contributed by atoms with van der Waals surface area (Å²) in [7, 11) is 0. The Morgan fingerprint density at radius 2 is 2.17 bits per heavy atom. The number of carboxylic acids is 1. The molecule has 1 rings (SSSR count). The summed E-state index contributed by atoms with van der Waals surface area (Å²) in [5.74, 6) is -0.737. The molecule has 0 radical (unpaired) electrons. The Morgan fingerprint density at radius 3 is 2.67 bits per heavy atom. The molecule has 0 amide bonds. The van der Waals surface area contributed by atoms with Crippen LogP contribution in [0, 0.1) is 16.0 Å². The minimum Gasteiger partial charge on any atom is -0.478 e. The molecule has 98 valence electrons. The average molecular weight is 252 g/mol. The maximum absolute atomic E-state index is 11.0. The summed E-state index contributed by atoms with van der Waals surface area (Å²) in [6.45, 7) is 4.56. The van der Waals surface area contributed by atoms with Gasteiger partial charge in [0.05, 0.1) is 10.5 Å². The van der Waals surface area contributed by atoms with Crippen molar-refractivity contribution in [1.82, 2.24) is 0 Å². The summed E-state index contributed by atoms with van der Waals surface area (Å²) in [6, 6.07) is 4.02. The van der Waals surface area contributed by atoms with Gasteiger partial charge in [-0.2, -0.15) is 0 Å². The number of carbonyl (C=O) groups is 1. The summed E-state index contributed by atoms with van der Waals surface area (Å²) in [5.41, 5.74) is -0.206. The van der Waals surface area contributed by atoms with E-state index in [1.807, 2.05) is 13.8 Å². The lowest BCUT2D eigenvalue weighted by molar-refractivity contribution is -0.384. The Hall–Kier alpha value is -2.11. The number of aromatic carboxylic acids is 1. The lowest BCUT2D eigenvalue weighted by atomic mass is 10.1. The molecule has 6 heteroatoms. The second-order valence-corrected chi connectivity index (χ2v) is 4.37. The van der Waals surface area contributed by atoms with E-state index in [4.69, 9.17) is 5.11 Å². The fourth-order valence-corrected chi connectivity index (χ4v) is 1.54. The van der Waals surface area contributed by atoms with Gasteiger partial charge in [-0.15, -0.1) is 0 Å². The van der Waals surface area contributed by atoms with E-state index in [-0.39, 0.29) is 16.9 Å². The van der Waals surface area contributed by atoms with E-state index < -0.39 is 10.9 Å². The molecule has 0 aliphatic carbocycles. The molecule has 0 atom stereocenters. The van der Waals surface area contributed by atoms with Gasteiger partial charge in [0.1, 0.15) is 5.69 Å². The van der Waals surface area contributed by atoms with E-state index in [1.54, 1.807) is 0 Å². The van der Waals surface area contributed by atoms with Crippen LogP contribution in [0.1, 0.15) is 30.6 Å². The van der Waals surface area contributed by atoms with Crippen LogP contribution in [0.4, 0.5) is 11.4 Å². The normalized spacial score (nSPS) is 10.4. The number of hydrogen-bond acceptors (Lipinski definition) is 4. The smallest absolute Gasteiger partial charge is 0.338 e. The molecular weight excluding hydrogens is 236 g/mol. The molecule has 0 aromatic heterocycles. The SMILES string of the molecule is CC(C)CCNc1c(C(=O)O)cccc1[N+](=O)[O-]. The molecule has 6 nitrogen and oxygen atoms in total. The van der Waals surface area contributed by atoms with Crippen LogP contribution in [-0.2, 0) is 0 Å². The Kier molecular flexibility index (Phi) is 4.65. The van der Waals surface area contributed by atoms with Crippen LogP contribution in [0.3, 0.4) is 0 Å². The maximum atomic E-state index is 11.0. The molecule has 0 saturated carbocycles. The third-order valence-corrected chi connectivity index (χ3v) is 2.49. The van der Waals surface area contributed by atoms with Gasteiger partial charge in [-0.1, -0.05) is 19.9 Å². The first-order valence-electron chi connectivity index (χ1n) is 5.68. The van der Waals surface area contributed by atoms with Crippen molar-refractivity contribution in [2.24, 2.45) is 5.92 Å². The monoisotopic (exact) mass is 252 g/mol. The van der Waals surface area contributed by atoms with Crippen molar-refractivity contribution in [3.05, 3.63) is 33.9 Å². The zero-order valence-electron chi connectivity index (χ0n) is 10.3. The molecule has 1 aromatic rings. The van der Waals surface area contributed by atoms with Crippen molar-refractivity contribution in [2.75, 3.05) is 11.9 Å². The molecule has 0 heterocycles. The van der Waals surface area contributed by atoms with Gasteiger partial charge in [0.15, 0.2) is 0 Å². The predicted molar refractivity (Wildman–Crippen MR) is 68.0 cm³/mol. The standard InChI is InChI=1S/C12H16N2O4/c1-8(2)6-7-13-11-9(12(15)16)4-3-5-10(11)14(17)18/h3-5,8,13H,6-7H2,1-2H3,(H,15,16). The minimum absolute atomic E-state index is 0.0760. The second kappa shape index (κ2) is 6.00. The molecular formula is C12H16N2O4. The highest BCUT2D eigenvalue weighted by atomic mass is 16.6. The largest absolute Gasteiger partial charge is 0.478 e. The van der Waals surface area contributed by atoms with Crippen molar-refractivity contribution in [3.8, 4) is 0 Å². The number of rotatable bonds is 6. The summed E-state index contributed by atoms with van der Waals surface area (Å²) >= 11 is 0. The summed E-state index contributed by atoms with van der Waals surface area (Å²) in [5, 5.41) is 22.7. The third-order valence-electron chi connectivity index (χ3n) is 2.49. The van der Waals surface area contributed by atoms with Crippen LogP contribution in [-0.4, -0.2) is 22.5 Å². The van der Waals surface area contributed by atoms with Crippen molar-refractivity contribution in [1.29, 1.82) is 0 Å². The van der Waals surface area contributed by atoms with Gasteiger partial charge in [0.25, 0.3) is 5.69 Å². The summed E-state index contributed by atoms with van der Waals surface area (Å²) in [6.07, 6.45) is 0.811. The summed E-state index contributed by atoms with van der Waals surface area (Å²) in [4.78, 5) is 21.3. The van der Waals surface area contributed by atoms with Crippen molar-refractivity contribution >= 4 is 17.3 Å². The van der Waals surface area contributed by atoms with Crippen LogP contribution >= 0.6 is 0 Å². The highest BCUT2D eigenvalue weighted by Gasteiger charge is 2.20. The summed E-state index contributed by atoms with van der Waals surface area (Å²) < 4.78 is 0. The van der Waals surface area contributed by atoms with Crippen molar-refractivity contribution < 1.29 is 14.8 Å². The lowest BCUT2D eigenvalue weighted by Crippen LogP contribution is -2.11. The Balaban J connectivity index is 3.03. The molecule has 18 heavy (non-hydrogen) atoms. The van der Waals surface area contributed by atoms with Crippen LogP contribution < -0.4 is 5.32 Å². The Labute approximate surface area is 105 Å². The van der Waals surface area contributed by atoms with Gasteiger partial charge in [-0.3, -0.25) is 10.1 Å². The first-order chi connectivity index (χ1) is 8.43. The predicted octanol–water partition coefficient (Wildman–Crippen LogP) is 2.75. The van der Waals surface area contributed by atoms with E-state index in [0.717, 1.165) is 6.42 Å². The van der Waals surface area contributed by atoms with E-state index in [2.05, 4.69) is 5.32 Å². The minimum atomic E-state index is -1.18. The first-order valence-corrected chi connectivity index (χ1v) is 5.68. The lowest BCUT2D eigenvalue weighted by Gasteiger charge is -2.11. The number of nitrogens with one attached hydrogen (secondary N) is 1. The molecule has 0 bridgehead atoms. The molecule has 0 aliphatic heterocycles. The molecule has 0 aliphatic rings. The third kappa shape index (κ3) is 3.44. The van der Waals surface area contributed by atoms with Crippen molar-refractivity contribution in [2.45, 2.75) is 20.3 Å². The van der Waals surface area contributed by atoms with Gasteiger partial charge < -0.3 is 10.4 Å². The van der Waals surface area contributed by atoms with Gasteiger partial charge in [0, 0.05) is 12.6 Å². The molecule has 0 unspecified atom stereocenters. The van der Waals surface area contributed by atoms with Gasteiger partial charge >= 0.3 is 5.97 Å². The quantitative estimate of drug-likeness (QED) is 0.599. The van der Waals surface area contributed by atoms with Crippen LogP contribution in [0.5, 0.6) is 0 Å². The number of hydrogen-bond donors (Lipinski definition) is 2. The zero-order chi connectivity index (χ0) is 13.7. The maximum Gasteiger partial charge on any atom is 0.338 e. The zero-order valence-corrected chi connectivity index (χ0v) is 10.3. The number of nitro groups is 1. The van der Waals surface area contributed by atoms with Gasteiger partial charge in [-0.25, -0.2) is 4.79 Å². The first kappa shape index (κ1) is 14.0. The topological polar surface area (TPSA) is 92.5 Å². The van der Waals surface area contributed by atoms with E-state index in [9.17, 15) is 14.9 Å². The molecule has 0 spiro atoms. The highest BCUT2D eigenvalue weighted by Crippen LogP contribution is 2.28. The highest BCUT2D eigenvalue weighted by molar-refractivity contribution is 5.96. The second-order valence-electron chi connectivity index (χ2n) is 4.37. The van der Waals surface area contributed by atoms with E-state index >= 15 is 0 Å². The number of para-hydroxylation sites is 1. The van der Waals surface area contributed by atoms with Crippen LogP contribution in [0.25, 0.3) is 0 Å². The van der Waals surface area contributed by atoms with Crippen LogP contribution in [0.2, 0.25) is 0 Å². The number of carboxylic acid groups (broad SMARTS) is 1. The molecule has 0 saturated heterocycles. The number of anilines is 1. The Bertz CT molecular complexity index is 425. The average Bonchev–Trinajstić information content (AvgIpc) is 2.28. The Morgan fingerprint density at radius 1 is 1.50 bits per heavy atom. The van der Waals surface area contributed by atoms with Crippen molar-refractivity contribution in [3.63, 3.8) is 0 Å². The molecule has 1 aromatic carbocycles. The van der Waals surface area contributed by atoms with Gasteiger partial charge in [0.2, 0.25) is 0 Å². The number of nitro benzene ring substituents is 1. The van der Waals surface area contributed by atoms with E-state index in [0.29, 0.717) is 12.5 Å². The van der Waals surface area contributed by atoms with Gasteiger partial charge in [-0.05, 0) is 18.4 Å². The van der Waals surface area contributed by atoms with Crippen LogP contribution in [0.15, 0.2) is 18.2 Å². The fourth-order valence-electron chi connectivity index (χ4n) is 1.54. The fraction of sp³-hybridized carbons (Fsp3) is 0.417. The molecule has 2 N–H and O–H groups in total. The molecule has 0 fully saturated rings.